The molecule has 0 unspecified atom stereocenters. The van der Waals surface area contributed by atoms with Gasteiger partial charge in [-0.2, -0.15) is 0 Å². The van der Waals surface area contributed by atoms with E-state index in [1.54, 1.807) is 12.1 Å². The quantitative estimate of drug-likeness (QED) is 0.470. The normalized spacial score (nSPS) is 10.7. The van der Waals surface area contributed by atoms with Crippen molar-refractivity contribution < 1.29 is 0 Å². The van der Waals surface area contributed by atoms with Crippen LogP contribution in [0.5, 0.6) is 0 Å². The van der Waals surface area contributed by atoms with Crippen LogP contribution in [0.2, 0.25) is 10.0 Å². The lowest BCUT2D eigenvalue weighted by molar-refractivity contribution is 0.712. The molecule has 78 valence electrons. The highest BCUT2D eigenvalue weighted by Gasteiger charge is 2.12. The van der Waals surface area contributed by atoms with Crippen LogP contribution in [0.15, 0.2) is 12.1 Å². The molecule has 0 aromatic heterocycles. The van der Waals surface area contributed by atoms with E-state index in [1.165, 1.54) is 5.01 Å². The van der Waals surface area contributed by atoms with Gasteiger partial charge in [-0.15, -0.1) is 0 Å². The minimum absolute atomic E-state index is 0.131. The first-order valence-corrected chi connectivity index (χ1v) is 4.97. The molecule has 1 aromatic carbocycles. The lowest BCUT2D eigenvalue weighted by Crippen LogP contribution is -2.37. The zero-order chi connectivity index (χ0) is 10.9. The molecule has 5 heteroatoms. The average molecular weight is 234 g/mol. The van der Waals surface area contributed by atoms with Crippen LogP contribution in [0.1, 0.15) is 13.8 Å². The van der Waals surface area contributed by atoms with Crippen LogP contribution in [-0.2, 0) is 0 Å². The van der Waals surface area contributed by atoms with Crippen molar-refractivity contribution >= 4 is 34.6 Å². The number of anilines is 2. The Balaban J connectivity index is 3.20. The number of nitrogens with two attached hydrogens (primary N) is 2. The molecule has 0 aliphatic heterocycles. The number of benzene rings is 1. The molecule has 0 saturated carbocycles. The molecular weight excluding hydrogens is 221 g/mol. The van der Waals surface area contributed by atoms with Gasteiger partial charge >= 0.3 is 0 Å². The van der Waals surface area contributed by atoms with Crippen molar-refractivity contribution in [2.75, 3.05) is 10.7 Å². The summed E-state index contributed by atoms with van der Waals surface area (Å²) in [4.78, 5) is 0. The second-order valence-electron chi connectivity index (χ2n) is 3.32. The fourth-order valence-electron chi connectivity index (χ4n) is 1.06. The van der Waals surface area contributed by atoms with Gasteiger partial charge in [0.15, 0.2) is 0 Å². The molecule has 0 fully saturated rings. The van der Waals surface area contributed by atoms with Gasteiger partial charge in [0.25, 0.3) is 0 Å². The van der Waals surface area contributed by atoms with Crippen molar-refractivity contribution in [2.45, 2.75) is 19.9 Å². The molecule has 0 spiro atoms. The van der Waals surface area contributed by atoms with Gasteiger partial charge in [0, 0.05) is 11.1 Å². The maximum absolute atomic E-state index is 5.88. The van der Waals surface area contributed by atoms with Gasteiger partial charge in [0.1, 0.15) is 0 Å². The van der Waals surface area contributed by atoms with E-state index in [4.69, 9.17) is 34.8 Å². The summed E-state index contributed by atoms with van der Waals surface area (Å²) in [5, 5.41) is 2.48. The molecular formula is C9H13Cl2N3. The number of hydrogen-bond donors (Lipinski definition) is 2. The summed E-state index contributed by atoms with van der Waals surface area (Å²) >= 11 is 11.7. The third-order valence-electron chi connectivity index (χ3n) is 1.91. The van der Waals surface area contributed by atoms with E-state index in [9.17, 15) is 0 Å². The summed E-state index contributed by atoms with van der Waals surface area (Å²) in [6.07, 6.45) is 0. The molecule has 0 bridgehead atoms. The molecule has 4 N–H and O–H groups in total. The maximum atomic E-state index is 5.88. The summed E-state index contributed by atoms with van der Waals surface area (Å²) < 4.78 is 0. The van der Waals surface area contributed by atoms with Gasteiger partial charge < -0.3 is 10.7 Å². The predicted octanol–water partition coefficient (Wildman–Crippen LogP) is 2.66. The van der Waals surface area contributed by atoms with Gasteiger partial charge in [-0.1, -0.05) is 23.2 Å². The number of nitrogen functional groups attached to an aromatic ring is 1. The second kappa shape index (κ2) is 4.26. The van der Waals surface area contributed by atoms with E-state index in [0.29, 0.717) is 21.4 Å². The Hall–Kier alpha value is -0.640. The molecule has 0 radical (unpaired) electrons. The summed E-state index contributed by atoms with van der Waals surface area (Å²) in [6, 6.07) is 3.42. The predicted molar refractivity (Wildman–Crippen MR) is 62.7 cm³/mol. The van der Waals surface area contributed by atoms with Crippen LogP contribution in [0.25, 0.3) is 0 Å². The minimum atomic E-state index is 0.131. The molecule has 0 heterocycles. The fraction of sp³-hybridized carbons (Fsp3) is 0.333. The van der Waals surface area contributed by atoms with E-state index >= 15 is 0 Å². The highest BCUT2D eigenvalue weighted by atomic mass is 35.5. The van der Waals surface area contributed by atoms with E-state index in [0.717, 1.165) is 0 Å². The first-order chi connectivity index (χ1) is 6.43. The van der Waals surface area contributed by atoms with E-state index < -0.39 is 0 Å². The number of halogens is 2. The zero-order valence-corrected chi connectivity index (χ0v) is 9.60. The smallest absolute Gasteiger partial charge is 0.0779 e. The van der Waals surface area contributed by atoms with Crippen LogP contribution in [-0.4, -0.2) is 6.04 Å². The molecule has 3 nitrogen and oxygen atoms in total. The monoisotopic (exact) mass is 233 g/mol. The van der Waals surface area contributed by atoms with Crippen LogP contribution >= 0.6 is 23.2 Å². The first-order valence-electron chi connectivity index (χ1n) is 4.22. The van der Waals surface area contributed by atoms with Crippen molar-refractivity contribution in [1.82, 2.24) is 0 Å². The molecule has 0 amide bonds. The Morgan fingerprint density at radius 2 is 1.86 bits per heavy atom. The molecule has 1 aromatic rings. The molecule has 0 aliphatic rings. The van der Waals surface area contributed by atoms with Crippen LogP contribution in [0, 0.1) is 0 Å². The van der Waals surface area contributed by atoms with E-state index in [-0.39, 0.29) is 6.04 Å². The van der Waals surface area contributed by atoms with E-state index in [2.05, 4.69) is 0 Å². The largest absolute Gasteiger partial charge is 0.396 e. The maximum Gasteiger partial charge on any atom is 0.0779 e. The lowest BCUT2D eigenvalue weighted by atomic mass is 10.2. The van der Waals surface area contributed by atoms with Crippen molar-refractivity contribution in [3.63, 3.8) is 0 Å². The van der Waals surface area contributed by atoms with Crippen molar-refractivity contribution in [1.29, 1.82) is 0 Å². The van der Waals surface area contributed by atoms with Crippen molar-refractivity contribution in [3.05, 3.63) is 22.2 Å². The summed E-state index contributed by atoms with van der Waals surface area (Å²) in [5.74, 6) is 5.81. The summed E-state index contributed by atoms with van der Waals surface area (Å²) in [6.45, 7) is 3.91. The van der Waals surface area contributed by atoms with Gasteiger partial charge in [-0.05, 0) is 26.0 Å². The molecule has 0 aliphatic carbocycles. The number of rotatable bonds is 2. The topological polar surface area (TPSA) is 55.3 Å². The van der Waals surface area contributed by atoms with Gasteiger partial charge in [-0.3, -0.25) is 0 Å². The molecule has 1 rings (SSSR count). The third-order valence-corrected chi connectivity index (χ3v) is 2.44. The second-order valence-corrected chi connectivity index (χ2v) is 4.17. The highest BCUT2D eigenvalue weighted by Crippen LogP contribution is 2.33. The average Bonchev–Trinajstić information content (AvgIpc) is 2.09. The number of hydrazine groups is 1. The first kappa shape index (κ1) is 11.4. The molecule has 0 atom stereocenters. The SMILES string of the molecule is CC(C)N(N)c1cc(Cl)cc(Cl)c1N. The Kier molecular flexibility index (Phi) is 3.48. The number of hydrogen-bond acceptors (Lipinski definition) is 3. The Labute approximate surface area is 93.5 Å². The molecule has 0 saturated heterocycles. The third kappa shape index (κ3) is 2.23. The number of nitrogens with zero attached hydrogens (tertiary/aromatic N) is 1. The fourth-order valence-corrected chi connectivity index (χ4v) is 1.55. The summed E-state index contributed by atoms with van der Waals surface area (Å²) in [7, 11) is 0. The highest BCUT2D eigenvalue weighted by molar-refractivity contribution is 6.37. The lowest BCUT2D eigenvalue weighted by Gasteiger charge is -2.25. The standard InChI is InChI=1S/C9H13Cl2N3/c1-5(2)14(13)8-4-6(10)3-7(11)9(8)12/h3-5H,12-13H2,1-2H3. The van der Waals surface area contributed by atoms with Crippen LogP contribution in [0.4, 0.5) is 11.4 Å². The summed E-state index contributed by atoms with van der Waals surface area (Å²) in [5.41, 5.74) is 6.88. The van der Waals surface area contributed by atoms with Crippen molar-refractivity contribution in [2.24, 2.45) is 5.84 Å². The van der Waals surface area contributed by atoms with Crippen molar-refractivity contribution in [3.8, 4) is 0 Å². The molecule has 14 heavy (non-hydrogen) atoms. The van der Waals surface area contributed by atoms with Gasteiger partial charge in [0.05, 0.1) is 16.4 Å². The Morgan fingerprint density at radius 1 is 1.29 bits per heavy atom. The van der Waals surface area contributed by atoms with Crippen LogP contribution in [0.3, 0.4) is 0 Å². The van der Waals surface area contributed by atoms with Gasteiger partial charge in [0.2, 0.25) is 0 Å². The zero-order valence-electron chi connectivity index (χ0n) is 8.09. The van der Waals surface area contributed by atoms with Gasteiger partial charge in [-0.25, -0.2) is 5.84 Å². The minimum Gasteiger partial charge on any atom is -0.396 e. The van der Waals surface area contributed by atoms with E-state index in [1.807, 2.05) is 13.8 Å². The Morgan fingerprint density at radius 3 is 2.36 bits per heavy atom. The van der Waals surface area contributed by atoms with Crippen LogP contribution < -0.4 is 16.6 Å². The Bertz CT molecular complexity index is 339.